The summed E-state index contributed by atoms with van der Waals surface area (Å²) >= 11 is 0. The molecule has 3 aromatic carbocycles. The van der Waals surface area contributed by atoms with Gasteiger partial charge in [-0.15, -0.1) is 13.2 Å². The first-order chi connectivity index (χ1) is 15.4. The summed E-state index contributed by atoms with van der Waals surface area (Å²) in [6.07, 6.45) is -3.05. The number of methoxy groups -OCH3 is 1. The van der Waals surface area contributed by atoms with Gasteiger partial charge in [0.2, 0.25) is 0 Å². The van der Waals surface area contributed by atoms with Crippen LogP contribution < -0.4 is 14.2 Å². The summed E-state index contributed by atoms with van der Waals surface area (Å²) in [5.41, 5.74) is 2.43. The van der Waals surface area contributed by atoms with Crippen LogP contribution in [-0.4, -0.2) is 44.0 Å². The molecule has 0 aromatic heterocycles. The number of aliphatic hydroxyl groups is 1. The summed E-state index contributed by atoms with van der Waals surface area (Å²) in [4.78, 5) is 4.35. The fourth-order valence-corrected chi connectivity index (χ4v) is 2.81. The van der Waals surface area contributed by atoms with Gasteiger partial charge in [-0.1, -0.05) is 24.3 Å². The number of halogens is 3. The second-order valence-corrected chi connectivity index (χ2v) is 6.80. The van der Waals surface area contributed by atoms with Crippen LogP contribution in [0.5, 0.6) is 17.2 Å². The van der Waals surface area contributed by atoms with Crippen molar-refractivity contribution in [3.05, 3.63) is 78.4 Å². The molecule has 1 atom stereocenters. The predicted octanol–water partition coefficient (Wildman–Crippen LogP) is 5.12. The minimum Gasteiger partial charge on any atom is -0.497 e. The van der Waals surface area contributed by atoms with Crippen molar-refractivity contribution in [1.82, 2.24) is 0 Å². The van der Waals surface area contributed by atoms with E-state index in [0.717, 1.165) is 22.4 Å². The Bertz CT molecular complexity index is 1000. The molecule has 0 saturated carbocycles. The molecule has 1 N–H and O–H groups in total. The third kappa shape index (κ3) is 7.02. The van der Waals surface area contributed by atoms with Crippen LogP contribution in [-0.2, 0) is 0 Å². The Morgan fingerprint density at radius 2 is 1.38 bits per heavy atom. The van der Waals surface area contributed by atoms with Crippen LogP contribution in [0.15, 0.2) is 77.8 Å². The van der Waals surface area contributed by atoms with Crippen LogP contribution in [0, 0.1) is 0 Å². The summed E-state index contributed by atoms with van der Waals surface area (Å²) in [6, 6.07) is 19.6. The van der Waals surface area contributed by atoms with Crippen molar-refractivity contribution < 1.29 is 32.5 Å². The van der Waals surface area contributed by atoms with Crippen LogP contribution in [0.1, 0.15) is 5.56 Å². The lowest BCUT2D eigenvalue weighted by molar-refractivity contribution is -0.274. The van der Waals surface area contributed by atoms with Gasteiger partial charge in [0.05, 0.1) is 13.7 Å². The van der Waals surface area contributed by atoms with E-state index in [1.807, 2.05) is 24.3 Å². The summed E-state index contributed by atoms with van der Waals surface area (Å²) < 4.78 is 51.5. The van der Waals surface area contributed by atoms with Crippen LogP contribution in [0.25, 0.3) is 11.1 Å². The molecule has 0 amide bonds. The van der Waals surface area contributed by atoms with E-state index < -0.39 is 12.4 Å². The van der Waals surface area contributed by atoms with Crippen molar-refractivity contribution in [2.24, 2.45) is 4.99 Å². The lowest BCUT2D eigenvalue weighted by atomic mass is 10.1. The van der Waals surface area contributed by atoms with E-state index in [0.29, 0.717) is 5.75 Å². The number of benzene rings is 3. The van der Waals surface area contributed by atoms with E-state index in [9.17, 15) is 18.3 Å². The standard InChI is InChI=1S/C24H22F3NO4/c1-30-21-8-2-17(3-9-21)14-28-20(15-29)16-31-22-10-4-18(5-11-22)19-6-12-23(13-7-19)32-24(25,26)27/h2-14,20,29H,15-16H2,1H3/t20-/m0/s1. The molecule has 5 nitrogen and oxygen atoms in total. The first kappa shape index (κ1) is 23.1. The summed E-state index contributed by atoms with van der Waals surface area (Å²) in [6.45, 7) is 0.0169. The second-order valence-electron chi connectivity index (χ2n) is 6.80. The van der Waals surface area contributed by atoms with Gasteiger partial charge in [-0.2, -0.15) is 0 Å². The Labute approximate surface area is 183 Å². The first-order valence-electron chi connectivity index (χ1n) is 9.73. The average Bonchev–Trinajstić information content (AvgIpc) is 2.79. The number of nitrogens with zero attached hydrogens (tertiary/aromatic N) is 1. The SMILES string of the molecule is COc1ccc(C=N[C@@H](CO)COc2ccc(-c3ccc(OC(F)(F)F)cc3)cc2)cc1. The number of ether oxygens (including phenoxy) is 3. The molecule has 0 aliphatic heterocycles. The Hall–Kier alpha value is -3.52. The Morgan fingerprint density at radius 1 is 0.844 bits per heavy atom. The maximum Gasteiger partial charge on any atom is 0.573 e. The van der Waals surface area contributed by atoms with Gasteiger partial charge in [0.15, 0.2) is 0 Å². The molecule has 3 rings (SSSR count). The zero-order valence-electron chi connectivity index (χ0n) is 17.3. The van der Waals surface area contributed by atoms with E-state index in [1.54, 1.807) is 49.7 Å². The normalized spacial score (nSPS) is 12.5. The van der Waals surface area contributed by atoms with Gasteiger partial charge in [-0.05, 0) is 65.2 Å². The molecule has 32 heavy (non-hydrogen) atoms. The van der Waals surface area contributed by atoms with Gasteiger partial charge >= 0.3 is 6.36 Å². The monoisotopic (exact) mass is 445 g/mol. The second kappa shape index (κ2) is 10.7. The van der Waals surface area contributed by atoms with Gasteiger partial charge in [-0.3, -0.25) is 4.99 Å². The molecule has 168 valence electrons. The number of rotatable bonds is 9. The highest BCUT2D eigenvalue weighted by Crippen LogP contribution is 2.27. The van der Waals surface area contributed by atoms with Crippen molar-refractivity contribution in [3.63, 3.8) is 0 Å². The zero-order valence-corrected chi connectivity index (χ0v) is 17.3. The third-order valence-electron chi connectivity index (χ3n) is 4.48. The van der Waals surface area contributed by atoms with E-state index >= 15 is 0 Å². The molecule has 0 heterocycles. The minimum atomic E-state index is -4.72. The molecule has 0 aliphatic rings. The van der Waals surface area contributed by atoms with Crippen LogP contribution >= 0.6 is 0 Å². The molecule has 0 saturated heterocycles. The fourth-order valence-electron chi connectivity index (χ4n) is 2.81. The Balaban J connectivity index is 1.55. The van der Waals surface area contributed by atoms with Gasteiger partial charge < -0.3 is 19.3 Å². The molecule has 0 radical (unpaired) electrons. The van der Waals surface area contributed by atoms with Gasteiger partial charge in [0, 0.05) is 6.21 Å². The summed E-state index contributed by atoms with van der Waals surface area (Å²) in [5.74, 6) is 1.06. The van der Waals surface area contributed by atoms with Crippen molar-refractivity contribution in [2.45, 2.75) is 12.4 Å². The number of hydrogen-bond donors (Lipinski definition) is 1. The quantitative estimate of drug-likeness (QED) is 0.465. The lowest BCUT2D eigenvalue weighted by Crippen LogP contribution is -2.20. The van der Waals surface area contributed by atoms with Gasteiger partial charge in [0.1, 0.15) is 29.9 Å². The van der Waals surface area contributed by atoms with E-state index in [1.165, 1.54) is 12.1 Å². The lowest BCUT2D eigenvalue weighted by Gasteiger charge is -2.12. The number of alkyl halides is 3. The first-order valence-corrected chi connectivity index (χ1v) is 9.73. The van der Waals surface area contributed by atoms with Crippen LogP contribution in [0.3, 0.4) is 0 Å². The van der Waals surface area contributed by atoms with E-state index in [-0.39, 0.29) is 19.0 Å². The molecular weight excluding hydrogens is 423 g/mol. The summed E-state index contributed by atoms with van der Waals surface area (Å²) in [7, 11) is 1.60. The molecule has 0 unspecified atom stereocenters. The van der Waals surface area contributed by atoms with Crippen molar-refractivity contribution in [1.29, 1.82) is 0 Å². The molecule has 8 heteroatoms. The molecule has 0 aliphatic carbocycles. The fraction of sp³-hybridized carbons (Fsp3) is 0.208. The van der Waals surface area contributed by atoms with Crippen molar-refractivity contribution >= 4 is 6.21 Å². The molecule has 3 aromatic rings. The van der Waals surface area contributed by atoms with Crippen LogP contribution in [0.2, 0.25) is 0 Å². The highest BCUT2D eigenvalue weighted by Gasteiger charge is 2.30. The molecule has 0 bridgehead atoms. The Kier molecular flexibility index (Phi) is 7.72. The highest BCUT2D eigenvalue weighted by molar-refractivity contribution is 5.79. The highest BCUT2D eigenvalue weighted by atomic mass is 19.4. The zero-order chi connectivity index (χ0) is 23.0. The van der Waals surface area contributed by atoms with Crippen molar-refractivity contribution in [2.75, 3.05) is 20.3 Å². The van der Waals surface area contributed by atoms with Gasteiger partial charge in [0.25, 0.3) is 0 Å². The number of hydrogen-bond acceptors (Lipinski definition) is 5. The molecular formula is C24H22F3NO4. The maximum atomic E-state index is 12.3. The number of aliphatic hydroxyl groups excluding tert-OH is 1. The summed E-state index contributed by atoms with van der Waals surface area (Å²) in [5, 5.41) is 9.56. The maximum absolute atomic E-state index is 12.3. The minimum absolute atomic E-state index is 0.170. The van der Waals surface area contributed by atoms with E-state index in [2.05, 4.69) is 9.73 Å². The van der Waals surface area contributed by atoms with E-state index in [4.69, 9.17) is 9.47 Å². The molecule has 0 spiro atoms. The van der Waals surface area contributed by atoms with Crippen LogP contribution in [0.4, 0.5) is 13.2 Å². The van der Waals surface area contributed by atoms with Gasteiger partial charge in [-0.25, -0.2) is 0 Å². The van der Waals surface area contributed by atoms with Crippen molar-refractivity contribution in [3.8, 4) is 28.4 Å². The smallest absolute Gasteiger partial charge is 0.497 e. The molecule has 0 fully saturated rings. The third-order valence-corrected chi connectivity index (χ3v) is 4.48. The predicted molar refractivity (Wildman–Crippen MR) is 116 cm³/mol. The Morgan fingerprint density at radius 3 is 1.88 bits per heavy atom. The average molecular weight is 445 g/mol. The largest absolute Gasteiger partial charge is 0.573 e. The topological polar surface area (TPSA) is 60.3 Å². The number of aliphatic imine (C=N–C) groups is 1.